The monoisotopic (exact) mass is 280 g/mol. The van der Waals surface area contributed by atoms with Crippen molar-refractivity contribution in [2.45, 2.75) is 0 Å². The molecule has 0 bridgehead atoms. The zero-order valence-electron chi connectivity index (χ0n) is 10.4. The average molecular weight is 281 g/mol. The first kappa shape index (κ1) is 12.4. The Hall–Kier alpha value is -2.64. The molecule has 5 heteroatoms. The van der Waals surface area contributed by atoms with Crippen molar-refractivity contribution in [3.05, 3.63) is 64.8 Å². The first-order chi connectivity index (χ1) is 9.76. The SMILES string of the molecule is N#Cc1cnccc1C=Cc1cn2cc(Cl)ccc2n1. The Bertz CT molecular complexity index is 842. The molecule has 4 nitrogen and oxygen atoms in total. The second-order valence-corrected chi connectivity index (χ2v) is 4.62. The highest BCUT2D eigenvalue weighted by molar-refractivity contribution is 6.30. The Labute approximate surface area is 120 Å². The number of halogens is 1. The number of nitrogens with zero attached hydrogens (tertiary/aromatic N) is 4. The maximum atomic E-state index is 9.00. The quantitative estimate of drug-likeness (QED) is 0.723. The molecule has 0 spiro atoms. The van der Waals surface area contributed by atoms with Crippen molar-refractivity contribution in [1.29, 1.82) is 5.26 Å². The molecule has 0 N–H and O–H groups in total. The van der Waals surface area contributed by atoms with Gasteiger partial charge in [-0.1, -0.05) is 17.7 Å². The third-order valence-electron chi connectivity index (χ3n) is 2.84. The van der Waals surface area contributed by atoms with Gasteiger partial charge in [0.15, 0.2) is 0 Å². The highest BCUT2D eigenvalue weighted by atomic mass is 35.5. The molecule has 0 radical (unpaired) electrons. The Balaban J connectivity index is 1.96. The molecule has 3 heterocycles. The van der Waals surface area contributed by atoms with E-state index in [-0.39, 0.29) is 0 Å². The molecule has 0 aromatic carbocycles. The molecule has 0 aliphatic rings. The standard InChI is InChI=1S/C15H9ClN4/c16-13-2-4-15-19-14(10-20(15)9-13)3-1-11-5-6-18-8-12(11)7-17/h1-6,8-10H. The number of hydrogen-bond donors (Lipinski definition) is 0. The van der Waals surface area contributed by atoms with E-state index in [0.717, 1.165) is 16.9 Å². The van der Waals surface area contributed by atoms with Crippen LogP contribution in [0.1, 0.15) is 16.8 Å². The molecular weight excluding hydrogens is 272 g/mol. The fourth-order valence-corrected chi connectivity index (χ4v) is 2.05. The summed E-state index contributed by atoms with van der Waals surface area (Å²) >= 11 is 5.93. The first-order valence-corrected chi connectivity index (χ1v) is 6.30. The summed E-state index contributed by atoms with van der Waals surface area (Å²) in [5.41, 5.74) is 2.98. The number of aromatic nitrogens is 3. The maximum Gasteiger partial charge on any atom is 0.137 e. The molecule has 0 aliphatic heterocycles. The van der Waals surface area contributed by atoms with Gasteiger partial charge in [-0.3, -0.25) is 4.98 Å². The van der Waals surface area contributed by atoms with Crippen LogP contribution in [0.2, 0.25) is 5.02 Å². The lowest BCUT2D eigenvalue weighted by molar-refractivity contribution is 1.19. The molecule has 0 saturated heterocycles. The average Bonchev–Trinajstić information content (AvgIpc) is 2.87. The summed E-state index contributed by atoms with van der Waals surface area (Å²) in [5.74, 6) is 0. The van der Waals surface area contributed by atoms with Gasteiger partial charge in [0, 0.05) is 24.8 Å². The smallest absolute Gasteiger partial charge is 0.137 e. The van der Waals surface area contributed by atoms with Crippen LogP contribution >= 0.6 is 11.6 Å². The Morgan fingerprint density at radius 2 is 2.10 bits per heavy atom. The van der Waals surface area contributed by atoms with E-state index >= 15 is 0 Å². The molecule has 0 saturated carbocycles. The molecule has 0 aliphatic carbocycles. The molecule has 0 amide bonds. The van der Waals surface area contributed by atoms with Gasteiger partial charge >= 0.3 is 0 Å². The third-order valence-corrected chi connectivity index (χ3v) is 3.07. The van der Waals surface area contributed by atoms with Crippen LogP contribution in [0.25, 0.3) is 17.8 Å². The van der Waals surface area contributed by atoms with Crippen molar-refractivity contribution < 1.29 is 0 Å². The highest BCUT2D eigenvalue weighted by Crippen LogP contribution is 2.14. The van der Waals surface area contributed by atoms with E-state index in [2.05, 4.69) is 16.0 Å². The van der Waals surface area contributed by atoms with Crippen LogP contribution < -0.4 is 0 Å². The topological polar surface area (TPSA) is 54.0 Å². The van der Waals surface area contributed by atoms with Crippen LogP contribution in [0.3, 0.4) is 0 Å². The van der Waals surface area contributed by atoms with Gasteiger partial charge in [-0.05, 0) is 29.8 Å². The number of rotatable bonds is 2. The molecule has 96 valence electrons. The van der Waals surface area contributed by atoms with E-state index in [1.807, 2.05) is 28.8 Å². The van der Waals surface area contributed by atoms with E-state index in [4.69, 9.17) is 16.9 Å². The lowest BCUT2D eigenvalue weighted by atomic mass is 10.1. The molecule has 3 aromatic rings. The van der Waals surface area contributed by atoms with Gasteiger partial charge in [-0.25, -0.2) is 4.98 Å². The lowest BCUT2D eigenvalue weighted by Gasteiger charge is -1.94. The van der Waals surface area contributed by atoms with Crippen molar-refractivity contribution in [2.24, 2.45) is 0 Å². The van der Waals surface area contributed by atoms with Gasteiger partial charge in [0.1, 0.15) is 11.7 Å². The summed E-state index contributed by atoms with van der Waals surface area (Å²) in [6, 6.07) is 7.56. The van der Waals surface area contributed by atoms with E-state index < -0.39 is 0 Å². The van der Waals surface area contributed by atoms with Gasteiger partial charge in [-0.15, -0.1) is 0 Å². The molecule has 3 rings (SSSR count). The fraction of sp³-hybridized carbons (Fsp3) is 0. The summed E-state index contributed by atoms with van der Waals surface area (Å²) in [7, 11) is 0. The molecular formula is C15H9ClN4. The number of imidazole rings is 1. The second kappa shape index (κ2) is 5.16. The molecule has 3 aromatic heterocycles. The maximum absolute atomic E-state index is 9.00. The number of nitriles is 1. The minimum atomic E-state index is 0.538. The van der Waals surface area contributed by atoms with Crippen molar-refractivity contribution in [1.82, 2.24) is 14.4 Å². The van der Waals surface area contributed by atoms with Gasteiger partial charge in [0.25, 0.3) is 0 Å². The summed E-state index contributed by atoms with van der Waals surface area (Å²) in [4.78, 5) is 8.37. The summed E-state index contributed by atoms with van der Waals surface area (Å²) in [6.07, 6.45) is 10.6. The normalized spacial score (nSPS) is 11.0. The zero-order valence-corrected chi connectivity index (χ0v) is 11.1. The Morgan fingerprint density at radius 3 is 2.95 bits per heavy atom. The van der Waals surface area contributed by atoms with Crippen LogP contribution in [0.5, 0.6) is 0 Å². The lowest BCUT2D eigenvalue weighted by Crippen LogP contribution is -1.82. The number of pyridine rings is 2. The largest absolute Gasteiger partial charge is 0.305 e. The van der Waals surface area contributed by atoms with Crippen molar-refractivity contribution in [3.63, 3.8) is 0 Å². The summed E-state index contributed by atoms with van der Waals surface area (Å²) < 4.78 is 1.86. The van der Waals surface area contributed by atoms with Crippen molar-refractivity contribution >= 4 is 29.4 Å². The van der Waals surface area contributed by atoms with E-state index in [1.54, 1.807) is 30.7 Å². The van der Waals surface area contributed by atoms with E-state index in [9.17, 15) is 0 Å². The molecule has 0 unspecified atom stereocenters. The Kier molecular flexibility index (Phi) is 3.20. The third kappa shape index (κ3) is 2.40. The minimum absolute atomic E-state index is 0.538. The molecule has 0 fully saturated rings. The van der Waals surface area contributed by atoms with Gasteiger partial charge < -0.3 is 4.40 Å². The van der Waals surface area contributed by atoms with E-state index in [0.29, 0.717) is 10.6 Å². The van der Waals surface area contributed by atoms with Crippen LogP contribution in [-0.4, -0.2) is 14.4 Å². The van der Waals surface area contributed by atoms with E-state index in [1.165, 1.54) is 0 Å². The van der Waals surface area contributed by atoms with Gasteiger partial charge in [0.2, 0.25) is 0 Å². The highest BCUT2D eigenvalue weighted by Gasteiger charge is 2.00. The Morgan fingerprint density at radius 1 is 1.20 bits per heavy atom. The second-order valence-electron chi connectivity index (χ2n) is 4.19. The van der Waals surface area contributed by atoms with Gasteiger partial charge in [0.05, 0.1) is 16.3 Å². The predicted octanol–water partition coefficient (Wildman–Crippen LogP) is 3.42. The minimum Gasteiger partial charge on any atom is -0.305 e. The fourth-order valence-electron chi connectivity index (χ4n) is 1.88. The summed E-state index contributed by atoms with van der Waals surface area (Å²) in [5, 5.41) is 9.66. The zero-order chi connectivity index (χ0) is 13.9. The first-order valence-electron chi connectivity index (χ1n) is 5.93. The molecule has 0 atom stereocenters. The van der Waals surface area contributed by atoms with Gasteiger partial charge in [-0.2, -0.15) is 5.26 Å². The number of fused-ring (bicyclic) bond motifs is 1. The van der Waals surface area contributed by atoms with Crippen LogP contribution in [0.4, 0.5) is 0 Å². The van der Waals surface area contributed by atoms with Crippen molar-refractivity contribution in [3.8, 4) is 6.07 Å². The summed E-state index contributed by atoms with van der Waals surface area (Å²) in [6.45, 7) is 0. The van der Waals surface area contributed by atoms with Crippen molar-refractivity contribution in [2.75, 3.05) is 0 Å². The molecule has 20 heavy (non-hydrogen) atoms. The van der Waals surface area contributed by atoms with Crippen LogP contribution in [-0.2, 0) is 0 Å². The predicted molar refractivity (Wildman–Crippen MR) is 78.1 cm³/mol. The van der Waals surface area contributed by atoms with Crippen LogP contribution in [0, 0.1) is 11.3 Å². The van der Waals surface area contributed by atoms with Crippen LogP contribution in [0.15, 0.2) is 43.0 Å². The number of hydrogen-bond acceptors (Lipinski definition) is 3.